The Kier molecular flexibility index (Phi) is 4.56. The molecule has 1 saturated carbocycles. The van der Waals surface area contributed by atoms with Crippen molar-refractivity contribution in [3.63, 3.8) is 0 Å². The van der Waals surface area contributed by atoms with Crippen LogP contribution in [0.3, 0.4) is 0 Å². The monoisotopic (exact) mass is 203 g/mol. The Bertz CT molecular complexity index is 142. The van der Waals surface area contributed by atoms with Crippen LogP contribution in [0.1, 0.15) is 32.6 Å². The molecule has 1 unspecified atom stereocenters. The molecule has 1 aliphatic carbocycles. The van der Waals surface area contributed by atoms with Crippen molar-refractivity contribution in [3.05, 3.63) is 0 Å². The van der Waals surface area contributed by atoms with Gasteiger partial charge in [-0.1, -0.05) is 12.8 Å². The van der Waals surface area contributed by atoms with Crippen molar-refractivity contribution in [2.24, 2.45) is 0 Å². The van der Waals surface area contributed by atoms with Crippen LogP contribution in [0.2, 0.25) is 0 Å². The summed E-state index contributed by atoms with van der Waals surface area (Å²) >= 11 is 2.02. The molecule has 2 nitrogen and oxygen atoms in total. The van der Waals surface area contributed by atoms with Crippen LogP contribution >= 0.6 is 11.8 Å². The van der Waals surface area contributed by atoms with Crippen molar-refractivity contribution >= 4 is 11.8 Å². The van der Waals surface area contributed by atoms with Gasteiger partial charge in [0.2, 0.25) is 0 Å². The molecule has 13 heavy (non-hydrogen) atoms. The van der Waals surface area contributed by atoms with E-state index in [1.165, 1.54) is 25.7 Å². The first-order valence-electron chi connectivity index (χ1n) is 5.11. The molecule has 0 aromatic rings. The average Bonchev–Trinajstić information content (AvgIpc) is 2.67. The molecule has 1 fully saturated rings. The van der Waals surface area contributed by atoms with Crippen molar-refractivity contribution in [1.82, 2.24) is 5.32 Å². The molecule has 0 spiro atoms. The Morgan fingerprint density at radius 1 is 1.46 bits per heavy atom. The summed E-state index contributed by atoms with van der Waals surface area (Å²) in [6.07, 6.45) is 5.53. The lowest BCUT2D eigenvalue weighted by Gasteiger charge is -2.27. The predicted molar refractivity (Wildman–Crippen MR) is 59.3 cm³/mol. The molecule has 78 valence electrons. The Morgan fingerprint density at radius 3 is 2.54 bits per heavy atom. The van der Waals surface area contributed by atoms with E-state index < -0.39 is 0 Å². The highest BCUT2D eigenvalue weighted by Gasteiger charge is 2.24. The van der Waals surface area contributed by atoms with E-state index in [1.54, 1.807) is 0 Å². The Balaban J connectivity index is 2.22. The molecule has 0 bridgehead atoms. The van der Waals surface area contributed by atoms with Gasteiger partial charge in [-0.05, 0) is 26.8 Å². The zero-order chi connectivity index (χ0) is 9.73. The number of aliphatic hydroxyl groups is 1. The zero-order valence-corrected chi connectivity index (χ0v) is 9.49. The summed E-state index contributed by atoms with van der Waals surface area (Å²) in [5, 5.41) is 13.2. The van der Waals surface area contributed by atoms with Crippen LogP contribution in [0.15, 0.2) is 0 Å². The molecule has 2 N–H and O–H groups in total. The normalized spacial score (nSPS) is 23.3. The smallest absolute Gasteiger partial charge is 0.0618 e. The maximum absolute atomic E-state index is 9.18. The summed E-state index contributed by atoms with van der Waals surface area (Å²) in [6.45, 7) is 2.30. The minimum absolute atomic E-state index is 0.0900. The summed E-state index contributed by atoms with van der Waals surface area (Å²) in [5.74, 6) is 1.02. The molecule has 0 aliphatic heterocycles. The van der Waals surface area contributed by atoms with Crippen molar-refractivity contribution in [2.45, 2.75) is 43.4 Å². The van der Waals surface area contributed by atoms with Gasteiger partial charge in [-0.25, -0.2) is 0 Å². The van der Waals surface area contributed by atoms with Gasteiger partial charge in [0, 0.05) is 16.5 Å². The lowest BCUT2D eigenvalue weighted by molar-refractivity contribution is 0.200. The molecule has 3 heteroatoms. The fourth-order valence-electron chi connectivity index (χ4n) is 1.55. The highest BCUT2D eigenvalue weighted by Crippen LogP contribution is 2.31. The van der Waals surface area contributed by atoms with Crippen LogP contribution in [0.25, 0.3) is 0 Å². The van der Waals surface area contributed by atoms with Crippen molar-refractivity contribution in [2.75, 3.05) is 19.4 Å². The number of thioether (sulfide) groups is 1. The summed E-state index contributed by atoms with van der Waals surface area (Å²) in [5.41, 5.74) is -0.0900. The van der Waals surface area contributed by atoms with Crippen molar-refractivity contribution < 1.29 is 5.11 Å². The molecular weight excluding hydrogens is 182 g/mol. The first kappa shape index (κ1) is 11.3. The van der Waals surface area contributed by atoms with Crippen molar-refractivity contribution in [1.29, 1.82) is 0 Å². The molecule has 0 heterocycles. The van der Waals surface area contributed by atoms with Crippen LogP contribution in [0, 0.1) is 0 Å². The fraction of sp³-hybridized carbons (Fsp3) is 1.00. The molecular formula is C10H21NOS. The van der Waals surface area contributed by atoms with Gasteiger partial charge < -0.3 is 10.4 Å². The molecule has 1 atom stereocenters. The van der Waals surface area contributed by atoms with Crippen LogP contribution in [0.4, 0.5) is 0 Å². The minimum atomic E-state index is -0.0900. The number of likely N-dealkylation sites (N-methyl/N-ethyl adjacent to an activating group) is 1. The second-order valence-electron chi connectivity index (χ2n) is 4.19. The standard InChI is InChI=1S/C10H21NOS/c1-10(7-12,11-2)8-13-9-5-3-4-6-9/h9,11-12H,3-8H2,1-2H3. The number of hydrogen-bond donors (Lipinski definition) is 2. The van der Waals surface area contributed by atoms with Gasteiger partial charge in [-0.3, -0.25) is 0 Å². The third-order valence-corrected chi connectivity index (χ3v) is 4.64. The Hall–Kier alpha value is 0.270. The molecule has 0 saturated heterocycles. The zero-order valence-electron chi connectivity index (χ0n) is 8.68. The summed E-state index contributed by atoms with van der Waals surface area (Å²) in [4.78, 5) is 0. The predicted octanol–water partition coefficient (Wildman–Crippen LogP) is 1.63. The van der Waals surface area contributed by atoms with E-state index >= 15 is 0 Å². The second-order valence-corrected chi connectivity index (χ2v) is 5.47. The maximum Gasteiger partial charge on any atom is 0.0618 e. The van der Waals surface area contributed by atoms with Gasteiger partial charge in [0.15, 0.2) is 0 Å². The van der Waals surface area contributed by atoms with Gasteiger partial charge >= 0.3 is 0 Å². The van der Waals surface area contributed by atoms with E-state index in [-0.39, 0.29) is 12.1 Å². The van der Waals surface area contributed by atoms with Crippen LogP contribution in [-0.4, -0.2) is 35.3 Å². The van der Waals surface area contributed by atoms with E-state index in [2.05, 4.69) is 12.2 Å². The number of rotatable bonds is 5. The lowest BCUT2D eigenvalue weighted by Crippen LogP contribution is -2.46. The van der Waals surface area contributed by atoms with E-state index in [9.17, 15) is 5.11 Å². The highest BCUT2D eigenvalue weighted by molar-refractivity contribution is 8.00. The first-order chi connectivity index (χ1) is 6.20. The van der Waals surface area contributed by atoms with E-state index in [0.29, 0.717) is 0 Å². The number of aliphatic hydroxyl groups excluding tert-OH is 1. The van der Waals surface area contributed by atoms with Crippen LogP contribution < -0.4 is 5.32 Å². The molecule has 1 aliphatic rings. The summed E-state index contributed by atoms with van der Waals surface area (Å²) < 4.78 is 0. The minimum Gasteiger partial charge on any atom is -0.394 e. The lowest BCUT2D eigenvalue weighted by atomic mass is 10.1. The Morgan fingerprint density at radius 2 is 2.08 bits per heavy atom. The van der Waals surface area contributed by atoms with E-state index in [1.807, 2.05) is 18.8 Å². The third kappa shape index (κ3) is 3.49. The number of hydrogen-bond acceptors (Lipinski definition) is 3. The summed E-state index contributed by atoms with van der Waals surface area (Å²) in [6, 6.07) is 0. The van der Waals surface area contributed by atoms with Gasteiger partial charge in [-0.2, -0.15) is 11.8 Å². The highest BCUT2D eigenvalue weighted by atomic mass is 32.2. The second kappa shape index (κ2) is 5.23. The first-order valence-corrected chi connectivity index (χ1v) is 6.16. The van der Waals surface area contributed by atoms with Gasteiger partial charge in [-0.15, -0.1) is 0 Å². The third-order valence-electron chi connectivity index (χ3n) is 2.89. The van der Waals surface area contributed by atoms with Gasteiger partial charge in [0.05, 0.1) is 6.61 Å². The molecule has 0 aromatic carbocycles. The maximum atomic E-state index is 9.18. The molecule has 0 amide bonds. The molecule has 0 radical (unpaired) electrons. The average molecular weight is 203 g/mol. The summed E-state index contributed by atoms with van der Waals surface area (Å²) in [7, 11) is 1.92. The van der Waals surface area contributed by atoms with E-state index in [4.69, 9.17) is 0 Å². The largest absolute Gasteiger partial charge is 0.394 e. The van der Waals surface area contributed by atoms with Gasteiger partial charge in [0.1, 0.15) is 0 Å². The fourth-order valence-corrected chi connectivity index (χ4v) is 3.06. The number of nitrogens with one attached hydrogen (secondary N) is 1. The Labute approximate surface area is 85.5 Å². The SMILES string of the molecule is CNC(C)(CO)CSC1CCCC1. The van der Waals surface area contributed by atoms with Crippen LogP contribution in [-0.2, 0) is 0 Å². The van der Waals surface area contributed by atoms with E-state index in [0.717, 1.165) is 11.0 Å². The molecule has 1 rings (SSSR count). The van der Waals surface area contributed by atoms with Gasteiger partial charge in [0.25, 0.3) is 0 Å². The van der Waals surface area contributed by atoms with Crippen LogP contribution in [0.5, 0.6) is 0 Å². The van der Waals surface area contributed by atoms with Crippen molar-refractivity contribution in [3.8, 4) is 0 Å². The molecule has 0 aromatic heterocycles. The topological polar surface area (TPSA) is 32.3 Å². The quantitative estimate of drug-likeness (QED) is 0.712.